The van der Waals surface area contributed by atoms with Crippen LogP contribution in [0.4, 0.5) is 5.69 Å². The van der Waals surface area contributed by atoms with Crippen molar-refractivity contribution in [2.45, 2.75) is 26.4 Å². The number of benzodiazepines with no additional fused rings is 1. The number of nitrogens with zero attached hydrogens (tertiary/aromatic N) is 2. The van der Waals surface area contributed by atoms with E-state index in [2.05, 4.69) is 11.9 Å². The predicted octanol–water partition coefficient (Wildman–Crippen LogP) is 3.20. The van der Waals surface area contributed by atoms with Gasteiger partial charge in [0.2, 0.25) is 18.0 Å². The van der Waals surface area contributed by atoms with E-state index in [9.17, 15) is 14.4 Å². The number of rotatable bonds is 8. The van der Waals surface area contributed by atoms with Crippen molar-refractivity contribution in [3.63, 3.8) is 0 Å². The quantitative estimate of drug-likeness (QED) is 0.594. The molecule has 1 heterocycles. The number of hydrogen-bond acceptors (Lipinski definition) is 4. The molecule has 3 rings (SSSR count). The maximum absolute atomic E-state index is 13.4. The molecule has 1 aliphatic heterocycles. The number of anilines is 1. The molecular weight excluding hydrogens is 428 g/mol. The molecule has 3 atom stereocenters. The summed E-state index contributed by atoms with van der Waals surface area (Å²) in [4.78, 5) is 45.1. The molecule has 0 fully saturated rings. The SMILES string of the molecule is C=CC[C@H](C(N)=O)[C@@H](C=C(C)C)C(=O)NC1N=C(c2ccccc2)c2ccccc2N(C)C1=O. The fourth-order valence-electron chi connectivity index (χ4n) is 4.03. The lowest BCUT2D eigenvalue weighted by Gasteiger charge is -2.24. The number of para-hydroxylation sites is 1. The van der Waals surface area contributed by atoms with E-state index in [0.717, 1.165) is 16.7 Å². The summed E-state index contributed by atoms with van der Waals surface area (Å²) >= 11 is 0. The van der Waals surface area contributed by atoms with Gasteiger partial charge in [0.05, 0.1) is 23.2 Å². The fourth-order valence-corrected chi connectivity index (χ4v) is 4.03. The van der Waals surface area contributed by atoms with Crippen molar-refractivity contribution in [1.29, 1.82) is 0 Å². The summed E-state index contributed by atoms with van der Waals surface area (Å²) in [6.07, 6.45) is 2.31. The number of nitrogens with one attached hydrogen (secondary N) is 1. The van der Waals surface area contributed by atoms with Crippen LogP contribution < -0.4 is 16.0 Å². The molecule has 1 unspecified atom stereocenters. The molecule has 34 heavy (non-hydrogen) atoms. The molecule has 0 saturated heterocycles. The second-order valence-corrected chi connectivity index (χ2v) is 8.47. The van der Waals surface area contributed by atoms with Crippen LogP contribution in [0.15, 0.2) is 83.9 Å². The first-order valence-corrected chi connectivity index (χ1v) is 11.1. The summed E-state index contributed by atoms with van der Waals surface area (Å²) in [5.74, 6) is -3.15. The lowest BCUT2D eigenvalue weighted by molar-refractivity contribution is -0.133. The third kappa shape index (κ3) is 5.31. The zero-order chi connectivity index (χ0) is 24.8. The smallest absolute Gasteiger partial charge is 0.272 e. The number of nitrogens with two attached hydrogens (primary N) is 1. The Morgan fingerprint density at radius 2 is 1.79 bits per heavy atom. The molecule has 2 aromatic rings. The monoisotopic (exact) mass is 458 g/mol. The van der Waals surface area contributed by atoms with Gasteiger partial charge in [-0.1, -0.05) is 66.3 Å². The van der Waals surface area contributed by atoms with Crippen molar-refractivity contribution in [2.75, 3.05) is 11.9 Å². The molecule has 0 bridgehead atoms. The standard InChI is InChI=1S/C27H30N4O3/c1-5-11-19(24(28)32)21(16-17(2)3)26(33)30-25-27(34)31(4)22-15-10-9-14-20(22)23(29-25)18-12-7-6-8-13-18/h5-10,12-16,19,21,25H,1,11H2,2-4H3,(H2,28,32)(H,30,33)/t19-,21+,25?/m0/s1. The summed E-state index contributed by atoms with van der Waals surface area (Å²) in [5, 5.41) is 2.77. The number of carbonyl (C=O) groups excluding carboxylic acids is 3. The largest absolute Gasteiger partial charge is 0.369 e. The van der Waals surface area contributed by atoms with Gasteiger partial charge in [0.15, 0.2) is 0 Å². The number of amides is 3. The van der Waals surface area contributed by atoms with Crippen LogP contribution in [0.3, 0.4) is 0 Å². The highest BCUT2D eigenvalue weighted by atomic mass is 16.2. The van der Waals surface area contributed by atoms with E-state index in [0.29, 0.717) is 11.4 Å². The average Bonchev–Trinajstić information content (AvgIpc) is 2.92. The molecule has 2 aromatic carbocycles. The zero-order valence-corrected chi connectivity index (χ0v) is 19.7. The van der Waals surface area contributed by atoms with Gasteiger partial charge in [0, 0.05) is 18.2 Å². The number of benzene rings is 2. The Kier molecular flexibility index (Phi) is 7.79. The molecule has 1 aliphatic rings. The van der Waals surface area contributed by atoms with E-state index < -0.39 is 29.8 Å². The number of fused-ring (bicyclic) bond motifs is 1. The van der Waals surface area contributed by atoms with E-state index in [1.54, 1.807) is 19.2 Å². The summed E-state index contributed by atoms with van der Waals surface area (Å²) in [5.41, 5.74) is 9.33. The van der Waals surface area contributed by atoms with Gasteiger partial charge in [0.1, 0.15) is 0 Å². The second kappa shape index (κ2) is 10.7. The van der Waals surface area contributed by atoms with E-state index >= 15 is 0 Å². The van der Waals surface area contributed by atoms with Crippen LogP contribution in [0, 0.1) is 11.8 Å². The summed E-state index contributed by atoms with van der Waals surface area (Å²) in [6.45, 7) is 7.34. The van der Waals surface area contributed by atoms with Gasteiger partial charge in [-0.3, -0.25) is 14.4 Å². The van der Waals surface area contributed by atoms with Crippen LogP contribution in [0.25, 0.3) is 0 Å². The van der Waals surface area contributed by atoms with E-state index in [1.165, 1.54) is 4.90 Å². The fraction of sp³-hybridized carbons (Fsp3) is 0.259. The van der Waals surface area contributed by atoms with Gasteiger partial charge in [-0.05, 0) is 26.3 Å². The Balaban J connectivity index is 2.06. The second-order valence-electron chi connectivity index (χ2n) is 8.47. The Morgan fingerprint density at radius 3 is 2.41 bits per heavy atom. The highest BCUT2D eigenvalue weighted by Gasteiger charge is 2.35. The van der Waals surface area contributed by atoms with Crippen molar-refractivity contribution in [1.82, 2.24) is 5.32 Å². The van der Waals surface area contributed by atoms with Gasteiger partial charge in [-0.2, -0.15) is 0 Å². The number of likely N-dealkylation sites (N-methyl/N-ethyl adjacent to an activating group) is 1. The van der Waals surface area contributed by atoms with Gasteiger partial charge in [0.25, 0.3) is 5.91 Å². The van der Waals surface area contributed by atoms with Crippen molar-refractivity contribution >= 4 is 29.1 Å². The lowest BCUT2D eigenvalue weighted by Crippen LogP contribution is -2.49. The molecule has 176 valence electrons. The first-order valence-electron chi connectivity index (χ1n) is 11.1. The minimum atomic E-state index is -1.18. The Bertz CT molecular complexity index is 1150. The van der Waals surface area contributed by atoms with E-state index in [1.807, 2.05) is 68.4 Å². The van der Waals surface area contributed by atoms with Gasteiger partial charge < -0.3 is 16.0 Å². The van der Waals surface area contributed by atoms with Gasteiger partial charge in [-0.25, -0.2) is 4.99 Å². The minimum absolute atomic E-state index is 0.236. The molecule has 0 saturated carbocycles. The summed E-state index contributed by atoms with van der Waals surface area (Å²) < 4.78 is 0. The molecule has 0 aromatic heterocycles. The van der Waals surface area contributed by atoms with E-state index in [4.69, 9.17) is 10.7 Å². The van der Waals surface area contributed by atoms with Crippen molar-refractivity contribution < 1.29 is 14.4 Å². The molecule has 0 spiro atoms. The normalized spacial score (nSPS) is 16.9. The third-order valence-electron chi connectivity index (χ3n) is 5.70. The maximum Gasteiger partial charge on any atom is 0.272 e. The third-order valence-corrected chi connectivity index (χ3v) is 5.70. The van der Waals surface area contributed by atoms with Crippen LogP contribution in [0.1, 0.15) is 31.4 Å². The first-order chi connectivity index (χ1) is 16.2. The van der Waals surface area contributed by atoms with Crippen LogP contribution >= 0.6 is 0 Å². The summed E-state index contributed by atoms with van der Waals surface area (Å²) in [6, 6.07) is 17.0. The Labute approximate surface area is 200 Å². The molecule has 3 N–H and O–H groups in total. The molecular formula is C27H30N4O3. The molecule has 7 heteroatoms. The topological polar surface area (TPSA) is 105 Å². The van der Waals surface area contributed by atoms with E-state index in [-0.39, 0.29) is 12.3 Å². The van der Waals surface area contributed by atoms with Crippen LogP contribution in [-0.4, -0.2) is 36.6 Å². The maximum atomic E-state index is 13.4. The molecule has 0 radical (unpaired) electrons. The van der Waals surface area contributed by atoms with Crippen LogP contribution in [0.2, 0.25) is 0 Å². The minimum Gasteiger partial charge on any atom is -0.369 e. The first kappa shape index (κ1) is 24.6. The van der Waals surface area contributed by atoms with Crippen LogP contribution in [0.5, 0.6) is 0 Å². The number of allylic oxidation sites excluding steroid dienone is 2. The zero-order valence-electron chi connectivity index (χ0n) is 19.7. The number of hydrogen-bond donors (Lipinski definition) is 2. The Morgan fingerprint density at radius 1 is 1.15 bits per heavy atom. The molecule has 3 amide bonds. The Hall–Kier alpha value is -4.00. The lowest BCUT2D eigenvalue weighted by atomic mass is 9.86. The number of aliphatic imine (C=N–C) groups is 1. The molecule has 0 aliphatic carbocycles. The van der Waals surface area contributed by atoms with Gasteiger partial charge >= 0.3 is 0 Å². The highest BCUT2D eigenvalue weighted by molar-refractivity contribution is 6.20. The van der Waals surface area contributed by atoms with Crippen molar-refractivity contribution in [3.05, 3.63) is 90.0 Å². The number of primary amides is 1. The van der Waals surface area contributed by atoms with Crippen LogP contribution in [-0.2, 0) is 14.4 Å². The predicted molar refractivity (Wildman–Crippen MR) is 134 cm³/mol. The van der Waals surface area contributed by atoms with Gasteiger partial charge in [-0.15, -0.1) is 6.58 Å². The van der Waals surface area contributed by atoms with Crippen molar-refractivity contribution in [2.24, 2.45) is 22.6 Å². The molecule has 7 nitrogen and oxygen atoms in total. The number of carbonyl (C=O) groups is 3. The summed E-state index contributed by atoms with van der Waals surface area (Å²) in [7, 11) is 1.65. The average molecular weight is 459 g/mol. The highest BCUT2D eigenvalue weighted by Crippen LogP contribution is 2.27. The van der Waals surface area contributed by atoms with Crippen molar-refractivity contribution in [3.8, 4) is 0 Å².